The minimum absolute atomic E-state index is 0. The van der Waals surface area contributed by atoms with E-state index in [1.54, 1.807) is 12.4 Å². The fraction of sp³-hybridized carbons (Fsp3) is 0.100. The summed E-state index contributed by atoms with van der Waals surface area (Å²) in [5.41, 5.74) is 3.29. The molecule has 4 heterocycles. The highest BCUT2D eigenvalue weighted by Crippen LogP contribution is 2.44. The summed E-state index contributed by atoms with van der Waals surface area (Å²) in [4.78, 5) is 21.3. The summed E-state index contributed by atoms with van der Waals surface area (Å²) in [5.74, 6) is 7.83. The molecule has 0 radical (unpaired) electrons. The molecule has 9 nitrogen and oxygen atoms in total. The number of benzene rings is 1. The van der Waals surface area contributed by atoms with Crippen LogP contribution in [-0.2, 0) is 0 Å². The number of hydrazine groups is 1. The second kappa shape index (κ2) is 8.57. The lowest BCUT2D eigenvalue weighted by Crippen LogP contribution is -2.29. The third kappa shape index (κ3) is 3.45. The molecule has 1 aromatic carbocycles. The fourth-order valence-corrected chi connectivity index (χ4v) is 3.67. The Kier molecular flexibility index (Phi) is 5.93. The van der Waals surface area contributed by atoms with Crippen molar-refractivity contribution in [2.45, 2.75) is 12.0 Å². The van der Waals surface area contributed by atoms with Gasteiger partial charge in [0, 0.05) is 23.5 Å². The number of aromatic amines is 1. The smallest absolute Gasteiger partial charge is 0.272 e. The van der Waals surface area contributed by atoms with Gasteiger partial charge in [-0.15, -0.1) is 0 Å². The normalized spacial score (nSPS) is 16.8. The molecule has 9 heteroatoms. The van der Waals surface area contributed by atoms with E-state index in [-0.39, 0.29) is 23.0 Å². The first-order valence-electron chi connectivity index (χ1n) is 8.76. The van der Waals surface area contributed by atoms with Gasteiger partial charge in [-0.2, -0.15) is 5.10 Å². The zero-order valence-electron chi connectivity index (χ0n) is 15.4. The van der Waals surface area contributed by atoms with Gasteiger partial charge in [0.1, 0.15) is 0 Å². The minimum Gasteiger partial charge on any atom is -0.412 e. The standard InChI is InChI=1S/C20H15N5O.H4N2.H2O/c26-20-12-6-5-9-14-16(12)19(24-25-20)17(13-7-1-3-10-21-13)18(23-14)15-8-2-4-11-22-15;1-2;/h1-11,17-18,23H,(H,25,26);1-2H2;1H2. The summed E-state index contributed by atoms with van der Waals surface area (Å²) in [6.45, 7) is 0. The van der Waals surface area contributed by atoms with Crippen molar-refractivity contribution < 1.29 is 5.48 Å². The summed E-state index contributed by atoms with van der Waals surface area (Å²) in [5, 5.41) is 12.1. The fourth-order valence-electron chi connectivity index (χ4n) is 3.67. The van der Waals surface area contributed by atoms with E-state index < -0.39 is 0 Å². The maximum absolute atomic E-state index is 12.2. The topological polar surface area (TPSA) is 167 Å². The van der Waals surface area contributed by atoms with E-state index in [0.717, 1.165) is 28.2 Å². The molecule has 0 saturated heterocycles. The molecule has 148 valence electrons. The SMILES string of the molecule is NN.O.O=c1[nH]nc2c3c(cccc13)NC(c1ccccn1)C2c1ccccn1. The molecule has 0 bridgehead atoms. The number of nitrogens with two attached hydrogens (primary N) is 2. The van der Waals surface area contributed by atoms with Crippen LogP contribution in [0.4, 0.5) is 5.69 Å². The van der Waals surface area contributed by atoms with Crippen LogP contribution in [0, 0.1) is 0 Å². The Balaban J connectivity index is 0.000000778. The average Bonchev–Trinajstić information content (AvgIpc) is 2.78. The Labute approximate surface area is 166 Å². The summed E-state index contributed by atoms with van der Waals surface area (Å²) in [6.07, 6.45) is 3.55. The Hall–Kier alpha value is -3.66. The molecule has 8 N–H and O–H groups in total. The lowest BCUT2D eigenvalue weighted by atomic mass is 9.83. The van der Waals surface area contributed by atoms with Crippen LogP contribution in [0.2, 0.25) is 0 Å². The van der Waals surface area contributed by atoms with Crippen LogP contribution in [0.1, 0.15) is 29.0 Å². The monoisotopic (exact) mass is 391 g/mol. The van der Waals surface area contributed by atoms with Gasteiger partial charge in [0.15, 0.2) is 0 Å². The van der Waals surface area contributed by atoms with Crippen molar-refractivity contribution in [1.29, 1.82) is 0 Å². The third-order valence-corrected chi connectivity index (χ3v) is 4.79. The molecule has 5 rings (SSSR count). The number of pyridine rings is 2. The van der Waals surface area contributed by atoms with E-state index in [2.05, 4.69) is 37.2 Å². The van der Waals surface area contributed by atoms with Crippen LogP contribution in [0.25, 0.3) is 10.8 Å². The van der Waals surface area contributed by atoms with E-state index in [9.17, 15) is 4.79 Å². The second-order valence-corrected chi connectivity index (χ2v) is 6.27. The first kappa shape index (κ1) is 20.1. The number of nitrogens with zero attached hydrogens (tertiary/aromatic N) is 3. The highest BCUT2D eigenvalue weighted by atomic mass is 16.1. The molecule has 0 fully saturated rings. The molecule has 1 aliphatic heterocycles. The molecule has 0 saturated carbocycles. The van der Waals surface area contributed by atoms with Crippen LogP contribution in [-0.4, -0.2) is 25.6 Å². The molecule has 29 heavy (non-hydrogen) atoms. The Morgan fingerprint density at radius 2 is 1.55 bits per heavy atom. The van der Waals surface area contributed by atoms with E-state index in [1.807, 2.05) is 54.6 Å². The molecule has 0 amide bonds. The second-order valence-electron chi connectivity index (χ2n) is 6.27. The molecule has 4 aromatic rings. The first-order chi connectivity index (χ1) is 13.8. The van der Waals surface area contributed by atoms with Gasteiger partial charge in [0.25, 0.3) is 5.56 Å². The predicted molar refractivity (Wildman–Crippen MR) is 111 cm³/mol. The van der Waals surface area contributed by atoms with Crippen molar-refractivity contribution in [3.05, 3.63) is 94.4 Å². The number of H-pyrrole nitrogens is 1. The Morgan fingerprint density at radius 1 is 0.862 bits per heavy atom. The maximum Gasteiger partial charge on any atom is 0.272 e. The Morgan fingerprint density at radius 3 is 2.21 bits per heavy atom. The van der Waals surface area contributed by atoms with Gasteiger partial charge in [-0.25, -0.2) is 5.10 Å². The maximum atomic E-state index is 12.2. The van der Waals surface area contributed by atoms with Gasteiger partial charge < -0.3 is 10.8 Å². The van der Waals surface area contributed by atoms with Crippen molar-refractivity contribution in [3.8, 4) is 0 Å². The van der Waals surface area contributed by atoms with E-state index in [1.165, 1.54) is 0 Å². The van der Waals surface area contributed by atoms with Gasteiger partial charge in [-0.3, -0.25) is 26.4 Å². The van der Waals surface area contributed by atoms with Crippen LogP contribution in [0.5, 0.6) is 0 Å². The molecule has 2 unspecified atom stereocenters. The van der Waals surface area contributed by atoms with Gasteiger partial charge >= 0.3 is 0 Å². The van der Waals surface area contributed by atoms with Crippen LogP contribution in [0.3, 0.4) is 0 Å². The quantitative estimate of drug-likeness (QED) is 0.292. The minimum atomic E-state index is -0.191. The average molecular weight is 391 g/mol. The van der Waals surface area contributed by atoms with Gasteiger partial charge in [0.2, 0.25) is 0 Å². The zero-order chi connectivity index (χ0) is 19.5. The van der Waals surface area contributed by atoms with E-state index >= 15 is 0 Å². The summed E-state index contributed by atoms with van der Waals surface area (Å²) >= 11 is 0. The number of rotatable bonds is 2. The summed E-state index contributed by atoms with van der Waals surface area (Å²) in [6, 6.07) is 17.2. The van der Waals surface area contributed by atoms with Crippen molar-refractivity contribution in [2.24, 2.45) is 11.7 Å². The van der Waals surface area contributed by atoms with Crippen LogP contribution >= 0.6 is 0 Å². The Bertz CT molecular complexity index is 1150. The molecular weight excluding hydrogens is 370 g/mol. The summed E-state index contributed by atoms with van der Waals surface area (Å²) < 4.78 is 0. The number of hydrogen-bond acceptors (Lipinski definition) is 7. The zero-order valence-corrected chi connectivity index (χ0v) is 15.4. The van der Waals surface area contributed by atoms with Crippen molar-refractivity contribution >= 4 is 16.5 Å². The molecule has 3 aromatic heterocycles. The largest absolute Gasteiger partial charge is 0.412 e. The molecule has 0 aliphatic carbocycles. The van der Waals surface area contributed by atoms with Crippen molar-refractivity contribution in [2.75, 3.05) is 5.32 Å². The van der Waals surface area contributed by atoms with Crippen molar-refractivity contribution in [3.63, 3.8) is 0 Å². The molecule has 0 spiro atoms. The van der Waals surface area contributed by atoms with E-state index in [4.69, 9.17) is 0 Å². The first-order valence-corrected chi connectivity index (χ1v) is 8.76. The molecule has 1 aliphatic rings. The molecular formula is C20H21N7O2. The number of anilines is 1. The predicted octanol–water partition coefficient (Wildman–Crippen LogP) is 1.01. The van der Waals surface area contributed by atoms with Gasteiger partial charge in [-0.05, 0) is 36.4 Å². The van der Waals surface area contributed by atoms with Crippen molar-refractivity contribution in [1.82, 2.24) is 20.2 Å². The summed E-state index contributed by atoms with van der Waals surface area (Å²) in [7, 11) is 0. The van der Waals surface area contributed by atoms with Crippen LogP contribution < -0.4 is 22.6 Å². The number of hydrogen-bond donors (Lipinski definition) is 4. The lowest BCUT2D eigenvalue weighted by Gasteiger charge is -2.33. The number of nitrogens with one attached hydrogen (secondary N) is 2. The van der Waals surface area contributed by atoms with Gasteiger partial charge in [0.05, 0.1) is 34.4 Å². The number of aromatic nitrogens is 4. The van der Waals surface area contributed by atoms with E-state index in [0.29, 0.717) is 5.39 Å². The molecule has 2 atom stereocenters. The van der Waals surface area contributed by atoms with Crippen LogP contribution in [0.15, 0.2) is 71.8 Å². The highest BCUT2D eigenvalue weighted by Gasteiger charge is 2.36. The van der Waals surface area contributed by atoms with Gasteiger partial charge in [-0.1, -0.05) is 18.2 Å². The lowest BCUT2D eigenvalue weighted by molar-refractivity contribution is 0.609. The third-order valence-electron chi connectivity index (χ3n) is 4.79. The highest BCUT2D eigenvalue weighted by molar-refractivity contribution is 5.97.